The Hall–Kier alpha value is -2.48. The molecular formula is C12H12N4O3S. The first kappa shape index (κ1) is 13.9. The molecule has 0 aliphatic carbocycles. The lowest BCUT2D eigenvalue weighted by atomic mass is 10.1. The summed E-state index contributed by atoms with van der Waals surface area (Å²) in [5.74, 6) is -0.295. The molecule has 0 unspecified atom stereocenters. The number of thiazole rings is 1. The average molecular weight is 292 g/mol. The van der Waals surface area contributed by atoms with Crippen LogP contribution in [0, 0.1) is 10.1 Å². The van der Waals surface area contributed by atoms with Gasteiger partial charge in [-0.25, -0.2) is 4.98 Å². The second-order valence-corrected chi connectivity index (χ2v) is 4.62. The molecule has 1 aromatic heterocycles. The van der Waals surface area contributed by atoms with Crippen LogP contribution in [0.2, 0.25) is 0 Å². The molecule has 0 aliphatic heterocycles. The molecule has 1 amide bonds. The van der Waals surface area contributed by atoms with Gasteiger partial charge in [0.2, 0.25) is 0 Å². The molecule has 8 heteroatoms. The van der Waals surface area contributed by atoms with Crippen LogP contribution in [0.4, 0.5) is 11.4 Å². The molecule has 7 nitrogen and oxygen atoms in total. The molecule has 0 saturated heterocycles. The van der Waals surface area contributed by atoms with E-state index in [2.05, 4.69) is 15.6 Å². The van der Waals surface area contributed by atoms with Crippen LogP contribution in [-0.4, -0.2) is 22.9 Å². The zero-order valence-corrected chi connectivity index (χ0v) is 11.4. The second-order valence-electron chi connectivity index (χ2n) is 3.90. The fraction of sp³-hybridized carbons (Fsp3) is 0.167. The van der Waals surface area contributed by atoms with E-state index in [0.29, 0.717) is 17.8 Å². The monoisotopic (exact) mass is 292 g/mol. The molecule has 0 fully saturated rings. The third-order valence-electron chi connectivity index (χ3n) is 2.63. The summed E-state index contributed by atoms with van der Waals surface area (Å²) in [7, 11) is 1.51. The van der Waals surface area contributed by atoms with E-state index >= 15 is 0 Å². The second kappa shape index (κ2) is 6.11. The van der Waals surface area contributed by atoms with E-state index in [1.807, 2.05) is 5.38 Å². The highest BCUT2D eigenvalue weighted by molar-refractivity contribution is 7.07. The largest absolute Gasteiger partial charge is 0.374 e. The number of nitrogens with zero attached hydrogens (tertiary/aromatic N) is 2. The number of anilines is 1. The van der Waals surface area contributed by atoms with E-state index in [-0.39, 0.29) is 11.6 Å². The molecular weight excluding hydrogens is 280 g/mol. The molecule has 0 bridgehead atoms. The number of hydrogen-bond acceptors (Lipinski definition) is 6. The van der Waals surface area contributed by atoms with E-state index in [1.54, 1.807) is 5.51 Å². The van der Waals surface area contributed by atoms with Gasteiger partial charge in [-0.2, -0.15) is 0 Å². The van der Waals surface area contributed by atoms with Gasteiger partial charge in [-0.3, -0.25) is 14.9 Å². The highest BCUT2D eigenvalue weighted by Gasteiger charge is 2.16. The summed E-state index contributed by atoms with van der Waals surface area (Å²) < 4.78 is 0. The van der Waals surface area contributed by atoms with Crippen LogP contribution in [0.3, 0.4) is 0 Å². The normalized spacial score (nSPS) is 10.1. The number of amides is 1. The Kier molecular flexibility index (Phi) is 4.26. The topological polar surface area (TPSA) is 97.2 Å². The molecule has 0 spiro atoms. The van der Waals surface area contributed by atoms with Crippen molar-refractivity contribution in [2.24, 2.45) is 0 Å². The zero-order valence-electron chi connectivity index (χ0n) is 10.6. The summed E-state index contributed by atoms with van der Waals surface area (Å²) in [6, 6.07) is 4.20. The van der Waals surface area contributed by atoms with E-state index in [1.165, 1.54) is 36.6 Å². The molecule has 1 heterocycles. The van der Waals surface area contributed by atoms with Crippen molar-refractivity contribution >= 4 is 28.6 Å². The average Bonchev–Trinajstić information content (AvgIpc) is 2.97. The highest BCUT2D eigenvalue weighted by atomic mass is 32.1. The maximum absolute atomic E-state index is 11.6. The van der Waals surface area contributed by atoms with Gasteiger partial charge < -0.3 is 10.6 Å². The Morgan fingerprint density at radius 3 is 2.90 bits per heavy atom. The molecule has 2 rings (SSSR count). The first-order chi connectivity index (χ1) is 9.61. The lowest BCUT2D eigenvalue weighted by Gasteiger charge is -2.07. The van der Waals surface area contributed by atoms with Gasteiger partial charge in [-0.1, -0.05) is 0 Å². The predicted molar refractivity (Wildman–Crippen MR) is 75.9 cm³/mol. The predicted octanol–water partition coefficient (Wildman–Crippen LogP) is 2.02. The van der Waals surface area contributed by atoms with Crippen molar-refractivity contribution in [1.29, 1.82) is 0 Å². The fourth-order valence-electron chi connectivity index (χ4n) is 1.63. The summed E-state index contributed by atoms with van der Waals surface area (Å²) in [6.07, 6.45) is 0. The minimum absolute atomic E-state index is 0.0760. The number of rotatable bonds is 5. The molecule has 2 N–H and O–H groups in total. The van der Waals surface area contributed by atoms with Crippen LogP contribution in [0.5, 0.6) is 0 Å². The van der Waals surface area contributed by atoms with Gasteiger partial charge in [0.05, 0.1) is 22.7 Å². The van der Waals surface area contributed by atoms with Gasteiger partial charge >= 0.3 is 0 Å². The molecule has 0 aliphatic rings. The van der Waals surface area contributed by atoms with Gasteiger partial charge in [-0.05, 0) is 12.1 Å². The molecule has 2 aromatic rings. The summed E-state index contributed by atoms with van der Waals surface area (Å²) in [6.45, 7) is 0.363. The van der Waals surface area contributed by atoms with Gasteiger partial charge in [0.15, 0.2) is 0 Å². The number of benzene rings is 1. The molecule has 20 heavy (non-hydrogen) atoms. The quantitative estimate of drug-likeness (QED) is 0.649. The molecule has 1 aromatic carbocycles. The van der Waals surface area contributed by atoms with Crippen molar-refractivity contribution < 1.29 is 9.72 Å². The first-order valence-corrected chi connectivity index (χ1v) is 6.67. The SMILES string of the molecule is CNC(=O)c1ccc([N+](=O)[O-])c(NCc2cscn2)c1. The summed E-state index contributed by atoms with van der Waals surface area (Å²) in [5.41, 5.74) is 3.05. The third-order valence-corrected chi connectivity index (χ3v) is 3.26. The number of nitrogens with one attached hydrogen (secondary N) is 2. The van der Waals surface area contributed by atoms with Crippen LogP contribution in [0.1, 0.15) is 16.1 Å². The summed E-state index contributed by atoms with van der Waals surface area (Å²) in [5, 5.41) is 18.3. The summed E-state index contributed by atoms with van der Waals surface area (Å²) >= 11 is 1.45. The van der Waals surface area contributed by atoms with Crippen molar-refractivity contribution in [3.63, 3.8) is 0 Å². The number of nitro benzene ring substituents is 1. The third kappa shape index (κ3) is 3.09. The van der Waals surface area contributed by atoms with Crippen LogP contribution in [-0.2, 0) is 6.54 Å². The van der Waals surface area contributed by atoms with Crippen LogP contribution in [0.15, 0.2) is 29.1 Å². The van der Waals surface area contributed by atoms with Crippen LogP contribution < -0.4 is 10.6 Å². The Labute approximate surface area is 118 Å². The number of hydrogen-bond donors (Lipinski definition) is 2. The van der Waals surface area contributed by atoms with Gasteiger partial charge in [-0.15, -0.1) is 11.3 Å². The molecule has 0 radical (unpaired) electrons. The molecule has 104 valence electrons. The number of carbonyl (C=O) groups is 1. The Morgan fingerprint density at radius 1 is 1.50 bits per heavy atom. The smallest absolute Gasteiger partial charge is 0.292 e. The van der Waals surface area contributed by atoms with Crippen molar-refractivity contribution in [3.05, 3.63) is 50.5 Å². The Balaban J connectivity index is 2.26. The van der Waals surface area contributed by atoms with Gasteiger partial charge in [0, 0.05) is 24.1 Å². The Bertz CT molecular complexity index is 628. The van der Waals surface area contributed by atoms with Crippen molar-refractivity contribution in [1.82, 2.24) is 10.3 Å². The molecule has 0 atom stereocenters. The van der Waals surface area contributed by atoms with E-state index in [9.17, 15) is 14.9 Å². The summed E-state index contributed by atoms with van der Waals surface area (Å²) in [4.78, 5) is 26.1. The number of aromatic nitrogens is 1. The fourth-order valence-corrected chi connectivity index (χ4v) is 2.19. The van der Waals surface area contributed by atoms with Crippen LogP contribution in [0.25, 0.3) is 0 Å². The van der Waals surface area contributed by atoms with Crippen molar-refractivity contribution in [2.75, 3.05) is 12.4 Å². The van der Waals surface area contributed by atoms with Gasteiger partial charge in [0.1, 0.15) is 5.69 Å². The maximum Gasteiger partial charge on any atom is 0.292 e. The minimum atomic E-state index is -0.489. The Morgan fingerprint density at radius 2 is 2.30 bits per heavy atom. The van der Waals surface area contributed by atoms with E-state index in [0.717, 1.165) is 5.69 Å². The number of carbonyl (C=O) groups excluding carboxylic acids is 1. The van der Waals surface area contributed by atoms with Crippen LogP contribution >= 0.6 is 11.3 Å². The minimum Gasteiger partial charge on any atom is -0.374 e. The molecule has 0 saturated carbocycles. The maximum atomic E-state index is 11.6. The van der Waals surface area contributed by atoms with Gasteiger partial charge in [0.25, 0.3) is 11.6 Å². The zero-order chi connectivity index (χ0) is 14.5. The van der Waals surface area contributed by atoms with Crippen molar-refractivity contribution in [2.45, 2.75) is 6.54 Å². The van der Waals surface area contributed by atoms with E-state index in [4.69, 9.17) is 0 Å². The van der Waals surface area contributed by atoms with E-state index < -0.39 is 4.92 Å². The lowest BCUT2D eigenvalue weighted by molar-refractivity contribution is -0.384. The standard InChI is InChI=1S/C12H12N4O3S/c1-13-12(17)8-2-3-11(16(18)19)10(4-8)14-5-9-6-20-7-15-9/h2-4,6-7,14H,5H2,1H3,(H,13,17). The lowest BCUT2D eigenvalue weighted by Crippen LogP contribution is -2.18. The van der Waals surface area contributed by atoms with Crippen molar-refractivity contribution in [3.8, 4) is 0 Å². The number of nitro groups is 1. The first-order valence-electron chi connectivity index (χ1n) is 5.73. The highest BCUT2D eigenvalue weighted by Crippen LogP contribution is 2.26.